The van der Waals surface area contributed by atoms with E-state index >= 15 is 0 Å². The third-order valence-corrected chi connectivity index (χ3v) is 1.56. The van der Waals surface area contributed by atoms with Crippen molar-refractivity contribution in [3.63, 3.8) is 0 Å². The third kappa shape index (κ3) is 4.54. The highest BCUT2D eigenvalue weighted by Gasteiger charge is 2.02. The Kier molecular flexibility index (Phi) is 7.16. The average Bonchev–Trinajstić information content (AvgIpc) is 2.30. The number of hydrogen-bond donors (Lipinski definition) is 1. The SMILES string of the molecule is CC.N#Cc1ccc(COCN)c(F)c1. The molecule has 0 radical (unpaired) electrons. The van der Waals surface area contributed by atoms with E-state index in [4.69, 9.17) is 15.7 Å². The number of nitriles is 1. The van der Waals surface area contributed by atoms with E-state index in [1.165, 1.54) is 18.2 Å². The molecule has 4 heteroatoms. The second-order valence-electron chi connectivity index (χ2n) is 2.43. The van der Waals surface area contributed by atoms with Crippen LogP contribution in [-0.4, -0.2) is 6.73 Å². The molecule has 0 saturated carbocycles. The van der Waals surface area contributed by atoms with Gasteiger partial charge in [-0.1, -0.05) is 19.9 Å². The van der Waals surface area contributed by atoms with Gasteiger partial charge in [-0.25, -0.2) is 4.39 Å². The summed E-state index contributed by atoms with van der Waals surface area (Å²) in [7, 11) is 0. The van der Waals surface area contributed by atoms with Crippen LogP contribution in [-0.2, 0) is 11.3 Å². The highest BCUT2D eigenvalue weighted by molar-refractivity contribution is 5.32. The summed E-state index contributed by atoms with van der Waals surface area (Å²) >= 11 is 0. The van der Waals surface area contributed by atoms with Crippen LogP contribution in [0.25, 0.3) is 0 Å². The predicted octanol–water partition coefficient (Wildman–Crippen LogP) is 2.16. The van der Waals surface area contributed by atoms with Crippen LogP contribution in [0.5, 0.6) is 0 Å². The molecule has 0 atom stereocenters. The Hall–Kier alpha value is -1.44. The van der Waals surface area contributed by atoms with Gasteiger partial charge < -0.3 is 10.5 Å². The van der Waals surface area contributed by atoms with Gasteiger partial charge in [0.2, 0.25) is 0 Å². The lowest BCUT2D eigenvalue weighted by Crippen LogP contribution is -2.05. The molecular formula is C11H15FN2O. The summed E-state index contributed by atoms with van der Waals surface area (Å²) in [6.07, 6.45) is 0. The zero-order chi connectivity index (χ0) is 11.7. The lowest BCUT2D eigenvalue weighted by atomic mass is 10.1. The first-order valence-electron chi connectivity index (χ1n) is 4.74. The molecule has 1 aromatic rings. The monoisotopic (exact) mass is 210 g/mol. The molecule has 0 heterocycles. The van der Waals surface area contributed by atoms with Crippen molar-refractivity contribution in [2.24, 2.45) is 5.73 Å². The Balaban J connectivity index is 0.000000921. The average molecular weight is 210 g/mol. The van der Waals surface area contributed by atoms with Crippen molar-refractivity contribution in [1.82, 2.24) is 0 Å². The zero-order valence-corrected chi connectivity index (χ0v) is 8.96. The van der Waals surface area contributed by atoms with Gasteiger partial charge in [-0.2, -0.15) is 5.26 Å². The molecule has 0 amide bonds. The number of rotatable bonds is 3. The molecule has 1 rings (SSSR count). The number of benzene rings is 1. The standard InChI is InChI=1S/C9H9FN2O.C2H6/c10-9-3-7(4-11)1-2-8(9)5-13-6-12;1-2/h1-3H,5-6,12H2;1-2H3. The molecule has 0 fully saturated rings. The van der Waals surface area contributed by atoms with Gasteiger partial charge in [0.15, 0.2) is 0 Å². The van der Waals surface area contributed by atoms with Crippen LogP contribution in [0.15, 0.2) is 18.2 Å². The van der Waals surface area contributed by atoms with Gasteiger partial charge in [-0.05, 0) is 12.1 Å². The van der Waals surface area contributed by atoms with Crippen molar-refractivity contribution in [2.75, 3.05) is 6.73 Å². The fraction of sp³-hybridized carbons (Fsp3) is 0.364. The number of hydrogen-bond acceptors (Lipinski definition) is 3. The van der Waals surface area contributed by atoms with Crippen LogP contribution in [0.4, 0.5) is 4.39 Å². The minimum absolute atomic E-state index is 0.0550. The summed E-state index contributed by atoms with van der Waals surface area (Å²) in [5.41, 5.74) is 5.79. The van der Waals surface area contributed by atoms with Crippen molar-refractivity contribution in [3.8, 4) is 6.07 Å². The molecule has 15 heavy (non-hydrogen) atoms. The van der Waals surface area contributed by atoms with Crippen LogP contribution >= 0.6 is 0 Å². The van der Waals surface area contributed by atoms with Crippen molar-refractivity contribution in [1.29, 1.82) is 5.26 Å². The number of nitrogens with zero attached hydrogens (tertiary/aromatic N) is 1. The van der Waals surface area contributed by atoms with E-state index in [0.29, 0.717) is 11.1 Å². The van der Waals surface area contributed by atoms with Crippen molar-refractivity contribution >= 4 is 0 Å². The van der Waals surface area contributed by atoms with Gasteiger partial charge in [-0.3, -0.25) is 0 Å². The Bertz CT molecular complexity index is 334. The van der Waals surface area contributed by atoms with E-state index in [1.54, 1.807) is 0 Å². The molecular weight excluding hydrogens is 195 g/mol. The minimum Gasteiger partial charge on any atom is -0.362 e. The van der Waals surface area contributed by atoms with Crippen LogP contribution in [0.1, 0.15) is 25.0 Å². The minimum atomic E-state index is -0.437. The second-order valence-corrected chi connectivity index (χ2v) is 2.43. The van der Waals surface area contributed by atoms with Gasteiger partial charge in [-0.15, -0.1) is 0 Å². The second kappa shape index (κ2) is 7.92. The molecule has 3 nitrogen and oxygen atoms in total. The molecule has 1 aromatic carbocycles. The predicted molar refractivity (Wildman–Crippen MR) is 56.3 cm³/mol. The lowest BCUT2D eigenvalue weighted by molar-refractivity contribution is 0.125. The maximum absolute atomic E-state index is 13.1. The van der Waals surface area contributed by atoms with Crippen LogP contribution in [0.2, 0.25) is 0 Å². The first-order chi connectivity index (χ1) is 7.27. The summed E-state index contributed by atoms with van der Waals surface area (Å²) in [6, 6.07) is 6.08. The van der Waals surface area contributed by atoms with Crippen LogP contribution < -0.4 is 5.73 Å². The van der Waals surface area contributed by atoms with Crippen molar-refractivity contribution in [2.45, 2.75) is 20.5 Å². The highest BCUT2D eigenvalue weighted by Crippen LogP contribution is 2.10. The molecule has 0 bridgehead atoms. The van der Waals surface area contributed by atoms with Crippen molar-refractivity contribution < 1.29 is 9.13 Å². The topological polar surface area (TPSA) is 59.0 Å². The molecule has 0 aliphatic carbocycles. The summed E-state index contributed by atoms with van der Waals surface area (Å²) in [5, 5.41) is 8.46. The van der Waals surface area contributed by atoms with E-state index in [-0.39, 0.29) is 13.3 Å². The number of halogens is 1. The molecule has 0 aliphatic rings. The quantitative estimate of drug-likeness (QED) is 0.778. The molecule has 0 saturated heterocycles. The van der Waals surface area contributed by atoms with Gasteiger partial charge in [0.05, 0.1) is 25.0 Å². The lowest BCUT2D eigenvalue weighted by Gasteiger charge is -2.02. The highest BCUT2D eigenvalue weighted by atomic mass is 19.1. The van der Waals surface area contributed by atoms with Crippen LogP contribution in [0.3, 0.4) is 0 Å². The van der Waals surface area contributed by atoms with E-state index in [0.717, 1.165) is 0 Å². The van der Waals surface area contributed by atoms with Gasteiger partial charge in [0.25, 0.3) is 0 Å². The molecule has 0 aromatic heterocycles. The Labute approximate surface area is 89.3 Å². The Morgan fingerprint density at radius 2 is 2.13 bits per heavy atom. The maximum atomic E-state index is 13.1. The zero-order valence-electron chi connectivity index (χ0n) is 8.96. The van der Waals surface area contributed by atoms with E-state index in [9.17, 15) is 4.39 Å². The summed E-state index contributed by atoms with van der Waals surface area (Å²) in [4.78, 5) is 0. The van der Waals surface area contributed by atoms with E-state index in [2.05, 4.69) is 0 Å². The van der Waals surface area contributed by atoms with E-state index in [1.807, 2.05) is 19.9 Å². The first-order valence-corrected chi connectivity index (χ1v) is 4.74. The van der Waals surface area contributed by atoms with E-state index < -0.39 is 5.82 Å². The molecule has 0 spiro atoms. The van der Waals surface area contributed by atoms with Gasteiger partial charge in [0.1, 0.15) is 5.82 Å². The first kappa shape index (κ1) is 13.6. The molecule has 0 aliphatic heterocycles. The summed E-state index contributed by atoms with van der Waals surface area (Å²) in [6.45, 7) is 4.19. The van der Waals surface area contributed by atoms with Crippen molar-refractivity contribution in [3.05, 3.63) is 35.1 Å². The largest absolute Gasteiger partial charge is 0.362 e. The van der Waals surface area contributed by atoms with Crippen LogP contribution in [0, 0.1) is 17.1 Å². The Morgan fingerprint density at radius 3 is 2.60 bits per heavy atom. The van der Waals surface area contributed by atoms with Gasteiger partial charge >= 0.3 is 0 Å². The maximum Gasteiger partial charge on any atom is 0.130 e. The normalized spacial score (nSPS) is 8.73. The molecule has 2 N–H and O–H groups in total. The number of nitrogens with two attached hydrogens (primary N) is 1. The third-order valence-electron chi connectivity index (χ3n) is 1.56. The number of ether oxygens (including phenoxy) is 1. The fourth-order valence-electron chi connectivity index (χ4n) is 0.903. The summed E-state index contributed by atoms with van der Waals surface area (Å²) < 4.78 is 17.9. The molecule has 82 valence electrons. The Morgan fingerprint density at radius 1 is 1.47 bits per heavy atom. The summed E-state index contributed by atoms with van der Waals surface area (Å²) in [5.74, 6) is -0.437. The van der Waals surface area contributed by atoms with Gasteiger partial charge in [0, 0.05) is 5.56 Å². The smallest absolute Gasteiger partial charge is 0.130 e. The fourth-order valence-corrected chi connectivity index (χ4v) is 0.903. The molecule has 0 unspecified atom stereocenters.